The molecular weight excluding hydrogens is 396 g/mol. The number of Topliss-reactive ketones (excluding diaryl/α,β-unsaturated/α-hetero) is 1. The number of para-hydroxylation sites is 1. The third-order valence-corrected chi connectivity index (χ3v) is 6.40. The van der Waals surface area contributed by atoms with E-state index in [1.165, 1.54) is 9.80 Å². The molecular formula is C24H22N2O5. The van der Waals surface area contributed by atoms with E-state index in [1.807, 2.05) is 0 Å². The summed E-state index contributed by atoms with van der Waals surface area (Å²) in [5.41, 5.74) is -0.422. The number of aliphatic hydroxyl groups excluding tert-OH is 1. The minimum atomic E-state index is -1.72. The Kier molecular flexibility index (Phi) is 4.44. The Morgan fingerprint density at radius 1 is 1.10 bits per heavy atom. The van der Waals surface area contributed by atoms with Crippen molar-refractivity contribution in [2.75, 3.05) is 25.1 Å². The van der Waals surface area contributed by atoms with E-state index in [1.54, 1.807) is 61.6 Å². The van der Waals surface area contributed by atoms with Crippen molar-refractivity contribution in [3.8, 4) is 0 Å². The average molecular weight is 418 g/mol. The van der Waals surface area contributed by atoms with E-state index in [0.717, 1.165) is 12.8 Å². The van der Waals surface area contributed by atoms with Crippen LogP contribution in [0.2, 0.25) is 0 Å². The second kappa shape index (κ2) is 7.06. The van der Waals surface area contributed by atoms with Crippen molar-refractivity contribution >= 4 is 29.0 Å². The number of hydrogen-bond acceptors (Lipinski definition) is 5. The molecule has 158 valence electrons. The lowest BCUT2D eigenvalue weighted by Crippen LogP contribution is -2.53. The van der Waals surface area contributed by atoms with Crippen LogP contribution in [0.4, 0.5) is 5.69 Å². The van der Waals surface area contributed by atoms with Crippen molar-refractivity contribution < 1.29 is 24.2 Å². The topological polar surface area (TPSA) is 87.2 Å². The molecule has 3 aliphatic rings. The van der Waals surface area contributed by atoms with E-state index in [0.29, 0.717) is 23.4 Å². The standard InChI is InChI=1S/C24H22N2O5/c1-25-18-12-6-5-11-17(18)24(23(25)30)19(20(27)15-8-3-2-4-9-15)21(28)22(29)26(24)14-16-10-7-13-31-16/h2-6,8-9,11-12,16,27H,7,10,13-14H2,1H3/t16-,24+/m0/s1. The summed E-state index contributed by atoms with van der Waals surface area (Å²) in [4.78, 5) is 43.1. The zero-order chi connectivity index (χ0) is 21.8. The molecule has 1 N–H and O–H groups in total. The predicted octanol–water partition coefficient (Wildman–Crippen LogP) is 2.42. The highest BCUT2D eigenvalue weighted by molar-refractivity contribution is 6.50. The maximum Gasteiger partial charge on any atom is 0.296 e. The first-order chi connectivity index (χ1) is 15.0. The van der Waals surface area contributed by atoms with Crippen molar-refractivity contribution in [2.45, 2.75) is 24.5 Å². The number of likely N-dealkylation sites (N-methyl/N-ethyl adjacent to an activating group) is 1. The summed E-state index contributed by atoms with van der Waals surface area (Å²) in [6.07, 6.45) is 1.33. The Bertz CT molecular complexity index is 1120. The third-order valence-electron chi connectivity index (χ3n) is 6.40. The number of nitrogens with zero attached hydrogens (tertiary/aromatic N) is 2. The van der Waals surface area contributed by atoms with Gasteiger partial charge in [0.25, 0.3) is 17.6 Å². The number of ketones is 1. The molecule has 0 saturated carbocycles. The summed E-state index contributed by atoms with van der Waals surface area (Å²) < 4.78 is 5.72. The number of carbonyl (C=O) groups excluding carboxylic acids is 3. The Morgan fingerprint density at radius 2 is 1.81 bits per heavy atom. The monoisotopic (exact) mass is 418 g/mol. The van der Waals surface area contributed by atoms with E-state index >= 15 is 0 Å². The highest BCUT2D eigenvalue weighted by atomic mass is 16.5. The molecule has 7 heteroatoms. The molecule has 0 radical (unpaired) electrons. The molecule has 0 aromatic heterocycles. The van der Waals surface area contributed by atoms with E-state index in [4.69, 9.17) is 4.74 Å². The van der Waals surface area contributed by atoms with Crippen LogP contribution in [-0.2, 0) is 24.7 Å². The quantitative estimate of drug-likeness (QED) is 0.470. The highest BCUT2D eigenvalue weighted by Crippen LogP contribution is 2.53. The fourth-order valence-electron chi connectivity index (χ4n) is 4.95. The third kappa shape index (κ3) is 2.59. The van der Waals surface area contributed by atoms with E-state index < -0.39 is 23.1 Å². The summed E-state index contributed by atoms with van der Waals surface area (Å²) in [5.74, 6) is -2.46. The lowest BCUT2D eigenvalue weighted by molar-refractivity contribution is -0.145. The van der Waals surface area contributed by atoms with Crippen LogP contribution in [0.1, 0.15) is 24.0 Å². The molecule has 2 saturated heterocycles. The molecule has 31 heavy (non-hydrogen) atoms. The number of hydrogen-bond donors (Lipinski definition) is 1. The molecule has 1 spiro atoms. The Morgan fingerprint density at radius 3 is 2.52 bits per heavy atom. The number of rotatable bonds is 3. The Hall–Kier alpha value is -3.45. The smallest absolute Gasteiger partial charge is 0.296 e. The van der Waals surface area contributed by atoms with E-state index in [-0.39, 0.29) is 24.0 Å². The maximum atomic E-state index is 13.8. The van der Waals surface area contributed by atoms with Crippen molar-refractivity contribution in [1.29, 1.82) is 0 Å². The fourth-order valence-corrected chi connectivity index (χ4v) is 4.95. The van der Waals surface area contributed by atoms with Gasteiger partial charge in [0.2, 0.25) is 0 Å². The summed E-state index contributed by atoms with van der Waals surface area (Å²) in [7, 11) is 1.62. The number of carbonyl (C=O) groups is 3. The molecule has 2 amide bonds. The van der Waals surface area contributed by atoms with Gasteiger partial charge in [-0.05, 0) is 18.9 Å². The van der Waals surface area contributed by atoms with Crippen molar-refractivity contribution in [3.05, 3.63) is 71.3 Å². The van der Waals surface area contributed by atoms with Gasteiger partial charge in [-0.3, -0.25) is 14.4 Å². The zero-order valence-electron chi connectivity index (χ0n) is 17.1. The van der Waals surface area contributed by atoms with Crippen LogP contribution in [0.25, 0.3) is 5.76 Å². The van der Waals surface area contributed by atoms with Crippen molar-refractivity contribution in [3.63, 3.8) is 0 Å². The lowest BCUT2D eigenvalue weighted by Gasteiger charge is -2.35. The van der Waals surface area contributed by atoms with Gasteiger partial charge < -0.3 is 19.6 Å². The van der Waals surface area contributed by atoms with Crippen LogP contribution >= 0.6 is 0 Å². The van der Waals surface area contributed by atoms with Crippen LogP contribution in [0.5, 0.6) is 0 Å². The van der Waals surface area contributed by atoms with Crippen LogP contribution < -0.4 is 4.90 Å². The molecule has 3 aliphatic heterocycles. The number of likely N-dealkylation sites (tertiary alicyclic amines) is 1. The summed E-state index contributed by atoms with van der Waals surface area (Å²) in [5, 5.41) is 11.2. The minimum Gasteiger partial charge on any atom is -0.507 e. The van der Waals surface area contributed by atoms with Gasteiger partial charge in [-0.2, -0.15) is 0 Å². The fraction of sp³-hybridized carbons (Fsp3) is 0.292. The molecule has 0 aliphatic carbocycles. The number of ether oxygens (including phenoxy) is 1. The van der Waals surface area contributed by atoms with Gasteiger partial charge in [0.1, 0.15) is 5.76 Å². The average Bonchev–Trinajstić information content (AvgIpc) is 3.45. The van der Waals surface area contributed by atoms with Gasteiger partial charge in [-0.1, -0.05) is 48.5 Å². The van der Waals surface area contributed by atoms with Crippen molar-refractivity contribution in [1.82, 2.24) is 4.90 Å². The molecule has 7 nitrogen and oxygen atoms in total. The normalized spacial score (nSPS) is 26.9. The highest BCUT2D eigenvalue weighted by Gasteiger charge is 2.66. The summed E-state index contributed by atoms with van der Waals surface area (Å²) >= 11 is 0. The molecule has 2 atom stereocenters. The largest absolute Gasteiger partial charge is 0.507 e. The first-order valence-corrected chi connectivity index (χ1v) is 10.3. The van der Waals surface area contributed by atoms with Crippen molar-refractivity contribution in [2.24, 2.45) is 0 Å². The number of fused-ring (bicyclic) bond motifs is 2. The van der Waals surface area contributed by atoms with E-state index in [9.17, 15) is 19.5 Å². The van der Waals surface area contributed by atoms with Gasteiger partial charge in [0.15, 0.2) is 5.54 Å². The summed E-state index contributed by atoms with van der Waals surface area (Å²) in [6.45, 7) is 0.681. The Labute approximate surface area is 179 Å². The van der Waals surface area contributed by atoms with Gasteiger partial charge in [-0.25, -0.2) is 0 Å². The van der Waals surface area contributed by atoms with Crippen LogP contribution in [-0.4, -0.2) is 53.9 Å². The van der Waals surface area contributed by atoms with Gasteiger partial charge in [0, 0.05) is 37.0 Å². The predicted molar refractivity (Wildman–Crippen MR) is 113 cm³/mol. The molecule has 0 unspecified atom stereocenters. The number of benzene rings is 2. The van der Waals surface area contributed by atoms with Gasteiger partial charge in [0.05, 0.1) is 11.7 Å². The number of amides is 2. The van der Waals surface area contributed by atoms with Gasteiger partial charge >= 0.3 is 0 Å². The molecule has 3 heterocycles. The first-order valence-electron chi connectivity index (χ1n) is 10.3. The molecule has 0 bridgehead atoms. The molecule has 5 rings (SSSR count). The Balaban J connectivity index is 1.80. The molecule has 2 aromatic rings. The maximum absolute atomic E-state index is 13.8. The van der Waals surface area contributed by atoms with Crippen LogP contribution in [0.15, 0.2) is 60.2 Å². The van der Waals surface area contributed by atoms with Crippen LogP contribution in [0, 0.1) is 0 Å². The summed E-state index contributed by atoms with van der Waals surface area (Å²) in [6, 6.07) is 15.6. The first kappa shape index (κ1) is 19.5. The SMILES string of the molecule is CN1C(=O)[C@]2(C(=C(O)c3ccccc3)C(=O)C(=O)N2C[C@@H]2CCCO2)c2ccccc21. The molecule has 2 fully saturated rings. The molecule has 2 aromatic carbocycles. The van der Waals surface area contributed by atoms with Crippen LogP contribution in [0.3, 0.4) is 0 Å². The second-order valence-corrected chi connectivity index (χ2v) is 8.06. The second-order valence-electron chi connectivity index (χ2n) is 8.06. The van der Waals surface area contributed by atoms with E-state index in [2.05, 4.69) is 0 Å². The zero-order valence-corrected chi connectivity index (χ0v) is 17.1. The minimum absolute atomic E-state index is 0.101. The lowest BCUT2D eigenvalue weighted by atomic mass is 9.81. The number of anilines is 1. The van der Waals surface area contributed by atoms with Gasteiger partial charge in [-0.15, -0.1) is 0 Å². The number of aliphatic hydroxyl groups is 1.